The molecule has 2 aromatic heterocycles. The van der Waals surface area contributed by atoms with Crippen LogP contribution in [0, 0.1) is 5.41 Å². The van der Waals surface area contributed by atoms with Crippen molar-refractivity contribution in [1.82, 2.24) is 14.7 Å². The molecule has 2 amide bonds. The minimum absolute atomic E-state index is 0.0377. The molecule has 2 aromatic rings. The molecule has 1 spiro atoms. The van der Waals surface area contributed by atoms with E-state index >= 15 is 0 Å². The highest BCUT2D eigenvalue weighted by atomic mass is 32.1. The molecule has 4 heterocycles. The van der Waals surface area contributed by atoms with Crippen LogP contribution in [0.2, 0.25) is 0 Å². The summed E-state index contributed by atoms with van der Waals surface area (Å²) in [7, 11) is 1.84. The normalized spacial score (nSPS) is 21.1. The average Bonchev–Trinajstić information content (AvgIpc) is 3.45. The lowest BCUT2D eigenvalue weighted by atomic mass is 9.85. The molecule has 1 unspecified atom stereocenters. The van der Waals surface area contributed by atoms with Crippen molar-refractivity contribution in [2.75, 3.05) is 24.5 Å². The fraction of sp³-hybridized carbons (Fsp3) is 0.444. The lowest BCUT2D eigenvalue weighted by Gasteiger charge is -2.23. The maximum atomic E-state index is 12.9. The second-order valence-electron chi connectivity index (χ2n) is 7.15. The summed E-state index contributed by atoms with van der Waals surface area (Å²) in [6.45, 7) is 1.88. The van der Waals surface area contributed by atoms with E-state index in [2.05, 4.69) is 5.10 Å². The van der Waals surface area contributed by atoms with Crippen molar-refractivity contribution < 1.29 is 32.7 Å². The summed E-state index contributed by atoms with van der Waals surface area (Å²) in [4.78, 5) is 38.0. The number of carbonyl (C=O) groups excluding carboxylic acids is 2. The highest BCUT2D eigenvalue weighted by Crippen LogP contribution is 2.42. The predicted octanol–water partition coefficient (Wildman–Crippen LogP) is 2.38. The van der Waals surface area contributed by atoms with Crippen LogP contribution in [-0.2, 0) is 16.6 Å². The summed E-state index contributed by atoms with van der Waals surface area (Å²) in [5.41, 5.74) is 1.15. The first kappa shape index (κ1) is 21.8. The van der Waals surface area contributed by atoms with Crippen LogP contribution in [0.15, 0.2) is 29.2 Å². The molecule has 0 saturated carbocycles. The largest absolute Gasteiger partial charge is 0.490 e. The van der Waals surface area contributed by atoms with Gasteiger partial charge in [-0.1, -0.05) is 0 Å². The van der Waals surface area contributed by atoms with Gasteiger partial charge in [0.05, 0.1) is 22.9 Å². The zero-order valence-electron chi connectivity index (χ0n) is 15.9. The number of alkyl halides is 3. The molecule has 12 heteroatoms. The van der Waals surface area contributed by atoms with Gasteiger partial charge in [0.25, 0.3) is 5.91 Å². The number of carbonyl (C=O) groups is 3. The Bertz CT molecular complexity index is 944. The molecule has 0 aliphatic carbocycles. The van der Waals surface area contributed by atoms with Gasteiger partial charge >= 0.3 is 12.1 Å². The zero-order valence-corrected chi connectivity index (χ0v) is 16.7. The minimum atomic E-state index is -5.08. The number of nitrogens with zero attached hydrogens (tertiary/aromatic N) is 4. The SMILES string of the molecule is Cn1cc(N2CCC3(CCN(C(=O)c4ccsc4)C3)C2=O)cn1.O=C(O)C(F)(F)F. The summed E-state index contributed by atoms with van der Waals surface area (Å²) in [5.74, 6) is -2.59. The van der Waals surface area contributed by atoms with E-state index in [1.54, 1.807) is 10.9 Å². The number of anilines is 1. The van der Waals surface area contributed by atoms with E-state index in [0.29, 0.717) is 19.6 Å². The molecule has 1 atom stereocenters. The van der Waals surface area contributed by atoms with Crippen LogP contribution in [-0.4, -0.2) is 63.4 Å². The Hall–Kier alpha value is -2.89. The lowest BCUT2D eigenvalue weighted by Crippen LogP contribution is -2.38. The third kappa shape index (κ3) is 4.32. The van der Waals surface area contributed by atoms with Crippen LogP contribution >= 0.6 is 11.3 Å². The molecule has 2 saturated heterocycles. The van der Waals surface area contributed by atoms with E-state index in [-0.39, 0.29) is 11.8 Å². The Morgan fingerprint density at radius 3 is 2.47 bits per heavy atom. The molecular weight excluding hydrogens is 425 g/mol. The Balaban J connectivity index is 0.000000318. The standard InChI is InChI=1S/C16H18N4O2S.C2HF3O2/c1-18-9-13(8-17-18)20-6-4-16(15(20)22)3-5-19(11-16)14(21)12-2-7-23-10-12;3-2(4,5)1(6)7/h2,7-10H,3-6,11H2,1H3;(H,6,7). The lowest BCUT2D eigenvalue weighted by molar-refractivity contribution is -0.192. The molecule has 2 fully saturated rings. The Morgan fingerprint density at radius 1 is 1.27 bits per heavy atom. The molecule has 0 bridgehead atoms. The zero-order chi connectivity index (χ0) is 22.1. The second kappa shape index (κ2) is 8.09. The highest BCUT2D eigenvalue weighted by Gasteiger charge is 2.52. The molecule has 2 aliphatic rings. The highest BCUT2D eigenvalue weighted by molar-refractivity contribution is 7.08. The quantitative estimate of drug-likeness (QED) is 0.768. The smallest absolute Gasteiger partial charge is 0.475 e. The Labute approximate surface area is 173 Å². The van der Waals surface area contributed by atoms with Gasteiger partial charge in [0.15, 0.2) is 0 Å². The Morgan fingerprint density at radius 2 is 1.93 bits per heavy atom. The molecule has 4 rings (SSSR count). The number of aliphatic carboxylic acids is 1. The topological polar surface area (TPSA) is 95.7 Å². The summed E-state index contributed by atoms with van der Waals surface area (Å²) >= 11 is 1.52. The van der Waals surface area contributed by atoms with Crippen molar-refractivity contribution in [2.24, 2.45) is 12.5 Å². The molecule has 0 aromatic carbocycles. The van der Waals surface area contributed by atoms with Gasteiger partial charge in [-0.3, -0.25) is 14.3 Å². The molecule has 2 aliphatic heterocycles. The number of hydrogen-bond donors (Lipinski definition) is 1. The molecule has 30 heavy (non-hydrogen) atoms. The third-order valence-corrected chi connectivity index (χ3v) is 5.85. The number of hydrogen-bond acceptors (Lipinski definition) is 5. The maximum absolute atomic E-state index is 12.9. The minimum Gasteiger partial charge on any atom is -0.475 e. The van der Waals surface area contributed by atoms with Crippen molar-refractivity contribution in [3.8, 4) is 0 Å². The van der Waals surface area contributed by atoms with Gasteiger partial charge in [0.2, 0.25) is 5.91 Å². The van der Waals surface area contributed by atoms with E-state index in [1.165, 1.54) is 11.3 Å². The first-order chi connectivity index (χ1) is 14.0. The van der Waals surface area contributed by atoms with Gasteiger partial charge in [-0.25, -0.2) is 4.79 Å². The number of carboxylic acid groups (broad SMARTS) is 1. The number of rotatable bonds is 2. The van der Waals surface area contributed by atoms with Gasteiger partial charge in [0.1, 0.15) is 0 Å². The first-order valence-electron chi connectivity index (χ1n) is 8.96. The fourth-order valence-corrected chi connectivity index (χ4v) is 4.24. The summed E-state index contributed by atoms with van der Waals surface area (Å²) in [5, 5.41) is 15.0. The number of aryl methyl sites for hydroxylation is 1. The van der Waals surface area contributed by atoms with Crippen LogP contribution < -0.4 is 4.90 Å². The maximum Gasteiger partial charge on any atom is 0.490 e. The number of aromatic nitrogens is 2. The predicted molar refractivity (Wildman–Crippen MR) is 101 cm³/mol. The van der Waals surface area contributed by atoms with Crippen LogP contribution in [0.4, 0.5) is 18.9 Å². The molecule has 8 nitrogen and oxygen atoms in total. The summed E-state index contributed by atoms with van der Waals surface area (Å²) in [6, 6.07) is 1.84. The fourth-order valence-electron chi connectivity index (χ4n) is 3.61. The van der Waals surface area contributed by atoms with Gasteiger partial charge in [-0.05, 0) is 24.3 Å². The number of carboxylic acids is 1. The van der Waals surface area contributed by atoms with Gasteiger partial charge in [-0.2, -0.15) is 29.6 Å². The van der Waals surface area contributed by atoms with Crippen molar-refractivity contribution in [3.63, 3.8) is 0 Å². The van der Waals surface area contributed by atoms with E-state index in [0.717, 1.165) is 24.1 Å². The van der Waals surface area contributed by atoms with Gasteiger partial charge in [0, 0.05) is 38.3 Å². The van der Waals surface area contributed by atoms with E-state index in [1.807, 2.05) is 39.9 Å². The van der Waals surface area contributed by atoms with Crippen molar-refractivity contribution >= 4 is 34.8 Å². The van der Waals surface area contributed by atoms with Crippen LogP contribution in [0.25, 0.3) is 0 Å². The monoisotopic (exact) mass is 444 g/mol. The van der Waals surface area contributed by atoms with Crippen molar-refractivity contribution in [3.05, 3.63) is 34.8 Å². The molecular formula is C18H19F3N4O4S. The molecule has 1 N–H and O–H groups in total. The Kier molecular flexibility index (Phi) is 5.88. The van der Waals surface area contributed by atoms with E-state index in [9.17, 15) is 22.8 Å². The van der Waals surface area contributed by atoms with Gasteiger partial charge in [-0.15, -0.1) is 0 Å². The van der Waals surface area contributed by atoms with Crippen molar-refractivity contribution in [1.29, 1.82) is 0 Å². The van der Waals surface area contributed by atoms with E-state index in [4.69, 9.17) is 9.90 Å². The second-order valence-corrected chi connectivity index (χ2v) is 7.93. The van der Waals surface area contributed by atoms with Crippen LogP contribution in [0.1, 0.15) is 23.2 Å². The molecule has 0 radical (unpaired) electrons. The number of thiophene rings is 1. The van der Waals surface area contributed by atoms with Gasteiger partial charge < -0.3 is 14.9 Å². The van der Waals surface area contributed by atoms with Crippen LogP contribution in [0.3, 0.4) is 0 Å². The van der Waals surface area contributed by atoms with Crippen LogP contribution in [0.5, 0.6) is 0 Å². The third-order valence-electron chi connectivity index (χ3n) is 5.17. The number of likely N-dealkylation sites (tertiary alicyclic amines) is 1. The van der Waals surface area contributed by atoms with E-state index < -0.39 is 17.6 Å². The first-order valence-corrected chi connectivity index (χ1v) is 9.90. The summed E-state index contributed by atoms with van der Waals surface area (Å²) in [6.07, 6.45) is 0.0485. The summed E-state index contributed by atoms with van der Waals surface area (Å²) < 4.78 is 33.4. The average molecular weight is 444 g/mol. The van der Waals surface area contributed by atoms with Crippen molar-refractivity contribution in [2.45, 2.75) is 19.0 Å². The number of halogens is 3. The number of amides is 2. The molecule has 162 valence electrons.